The number of para-hydroxylation sites is 1. The summed E-state index contributed by atoms with van der Waals surface area (Å²) in [5.41, 5.74) is 3.50. The first-order chi connectivity index (χ1) is 14.6. The van der Waals surface area contributed by atoms with E-state index in [1.807, 2.05) is 54.6 Å². The van der Waals surface area contributed by atoms with Gasteiger partial charge in [-0.3, -0.25) is 14.9 Å². The van der Waals surface area contributed by atoms with Crippen LogP contribution in [-0.2, 0) is 0 Å². The van der Waals surface area contributed by atoms with Gasteiger partial charge in [0.2, 0.25) is 0 Å². The molecule has 0 saturated heterocycles. The van der Waals surface area contributed by atoms with Crippen LogP contribution in [0.3, 0.4) is 0 Å². The summed E-state index contributed by atoms with van der Waals surface area (Å²) in [4.78, 5) is 18.0. The van der Waals surface area contributed by atoms with E-state index in [0.717, 1.165) is 17.0 Å². The van der Waals surface area contributed by atoms with Crippen LogP contribution < -0.4 is 10.3 Å². The van der Waals surface area contributed by atoms with Gasteiger partial charge in [-0.1, -0.05) is 18.2 Å². The van der Waals surface area contributed by atoms with Gasteiger partial charge in [-0.25, -0.2) is 9.07 Å². The average Bonchev–Trinajstić information content (AvgIpc) is 3.12. The Bertz CT molecular complexity index is 1240. The molecule has 4 rings (SSSR count). The monoisotopic (exact) mass is 401 g/mol. The maximum absolute atomic E-state index is 13.4. The summed E-state index contributed by atoms with van der Waals surface area (Å²) < 4.78 is 20.0. The smallest absolute Gasteiger partial charge is 0.280 e. The molecule has 0 saturated carbocycles. The maximum Gasteiger partial charge on any atom is 0.280 e. The van der Waals surface area contributed by atoms with Crippen molar-refractivity contribution < 1.29 is 9.13 Å². The summed E-state index contributed by atoms with van der Waals surface area (Å²) in [5, 5.41) is 3.17. The van der Waals surface area contributed by atoms with Gasteiger partial charge in [0.25, 0.3) is 5.56 Å². The highest BCUT2D eigenvalue weighted by atomic mass is 19.1. The number of aromatic amines is 1. The number of hydrogen-bond acceptors (Lipinski definition) is 3. The molecule has 3 aromatic carbocycles. The van der Waals surface area contributed by atoms with Crippen molar-refractivity contribution in [3.05, 3.63) is 101 Å². The van der Waals surface area contributed by atoms with Gasteiger partial charge in [0.05, 0.1) is 35.5 Å². The molecule has 1 heterocycles. The van der Waals surface area contributed by atoms with Crippen molar-refractivity contribution in [1.82, 2.24) is 9.78 Å². The molecular weight excluding hydrogens is 381 g/mol. The van der Waals surface area contributed by atoms with Crippen molar-refractivity contribution in [2.75, 3.05) is 7.11 Å². The summed E-state index contributed by atoms with van der Waals surface area (Å²) in [6, 6.07) is 22.6. The molecule has 4 aromatic rings. The van der Waals surface area contributed by atoms with Crippen molar-refractivity contribution in [1.29, 1.82) is 0 Å². The second-order valence-electron chi connectivity index (χ2n) is 6.74. The Morgan fingerprint density at radius 1 is 0.967 bits per heavy atom. The molecule has 0 aliphatic heterocycles. The molecule has 1 aromatic heterocycles. The minimum absolute atomic E-state index is 0.260. The lowest BCUT2D eigenvalue weighted by Gasteiger charge is -2.05. The molecule has 150 valence electrons. The summed E-state index contributed by atoms with van der Waals surface area (Å²) in [7, 11) is 1.60. The van der Waals surface area contributed by atoms with E-state index < -0.39 is 0 Å². The van der Waals surface area contributed by atoms with E-state index in [2.05, 4.69) is 10.1 Å². The lowest BCUT2D eigenvalue weighted by Crippen LogP contribution is -2.19. The van der Waals surface area contributed by atoms with Crippen molar-refractivity contribution in [3.8, 4) is 22.7 Å². The van der Waals surface area contributed by atoms with E-state index >= 15 is 0 Å². The van der Waals surface area contributed by atoms with Gasteiger partial charge in [-0.15, -0.1) is 0 Å². The number of methoxy groups -OCH3 is 1. The molecule has 0 spiro atoms. The molecule has 6 heteroatoms. The van der Waals surface area contributed by atoms with Crippen LogP contribution in [0.5, 0.6) is 5.75 Å². The van der Waals surface area contributed by atoms with Gasteiger partial charge < -0.3 is 4.74 Å². The molecular formula is C24H20FN3O2. The summed E-state index contributed by atoms with van der Waals surface area (Å²) >= 11 is 0. The number of H-pyrrole nitrogens is 1. The van der Waals surface area contributed by atoms with Crippen molar-refractivity contribution >= 4 is 11.4 Å². The molecule has 0 bridgehead atoms. The van der Waals surface area contributed by atoms with Crippen molar-refractivity contribution in [2.45, 2.75) is 6.92 Å². The number of aliphatic imine (C=N–C) groups is 1. The summed E-state index contributed by atoms with van der Waals surface area (Å²) in [6.45, 7) is 1.81. The van der Waals surface area contributed by atoms with E-state index in [4.69, 9.17) is 4.74 Å². The maximum atomic E-state index is 13.4. The molecule has 0 aliphatic rings. The second kappa shape index (κ2) is 8.21. The Morgan fingerprint density at radius 2 is 1.63 bits per heavy atom. The van der Waals surface area contributed by atoms with Gasteiger partial charge in [-0.2, -0.15) is 0 Å². The fourth-order valence-electron chi connectivity index (χ4n) is 3.26. The van der Waals surface area contributed by atoms with E-state index in [1.165, 1.54) is 16.8 Å². The van der Waals surface area contributed by atoms with Gasteiger partial charge >= 0.3 is 0 Å². The first-order valence-corrected chi connectivity index (χ1v) is 9.43. The Kier molecular flexibility index (Phi) is 5.30. The molecule has 5 nitrogen and oxygen atoms in total. The van der Waals surface area contributed by atoms with Gasteiger partial charge in [-0.05, 0) is 67.6 Å². The number of aromatic nitrogens is 2. The normalized spacial score (nSPS) is 11.5. The third-order valence-electron chi connectivity index (χ3n) is 4.77. The van der Waals surface area contributed by atoms with Crippen LogP contribution in [0.15, 0.2) is 88.6 Å². The third kappa shape index (κ3) is 3.80. The molecule has 30 heavy (non-hydrogen) atoms. The zero-order chi connectivity index (χ0) is 21.1. The van der Waals surface area contributed by atoms with Crippen LogP contribution in [-0.4, -0.2) is 22.6 Å². The van der Waals surface area contributed by atoms with Gasteiger partial charge in [0.15, 0.2) is 0 Å². The largest absolute Gasteiger partial charge is 0.497 e. The third-order valence-corrected chi connectivity index (χ3v) is 4.77. The number of halogens is 1. The fourth-order valence-corrected chi connectivity index (χ4v) is 3.26. The topological polar surface area (TPSA) is 59.4 Å². The van der Waals surface area contributed by atoms with E-state index in [9.17, 15) is 9.18 Å². The highest BCUT2D eigenvalue weighted by Crippen LogP contribution is 2.25. The van der Waals surface area contributed by atoms with Crippen LogP contribution in [0.2, 0.25) is 0 Å². The van der Waals surface area contributed by atoms with E-state index in [0.29, 0.717) is 22.7 Å². The average molecular weight is 401 g/mol. The predicted molar refractivity (Wildman–Crippen MR) is 117 cm³/mol. The number of benzene rings is 3. The fraction of sp³-hybridized carbons (Fsp3) is 0.0833. The number of rotatable bonds is 5. The molecule has 1 N–H and O–H groups in total. The first-order valence-electron chi connectivity index (χ1n) is 9.43. The number of nitrogens with one attached hydrogen (secondary N) is 1. The van der Waals surface area contributed by atoms with E-state index in [-0.39, 0.29) is 11.4 Å². The van der Waals surface area contributed by atoms with Crippen molar-refractivity contribution in [3.63, 3.8) is 0 Å². The van der Waals surface area contributed by atoms with Crippen LogP contribution in [0, 0.1) is 5.82 Å². The quantitative estimate of drug-likeness (QED) is 0.472. The zero-order valence-electron chi connectivity index (χ0n) is 16.6. The van der Waals surface area contributed by atoms with E-state index in [1.54, 1.807) is 26.2 Å². The predicted octanol–water partition coefficient (Wildman–Crippen LogP) is 5.12. The SMILES string of the molecule is COc1ccc(-c2[nH]n(-c3ccc(F)cc3)c(=O)c2C(C)=Nc2ccccc2)cc1. The Balaban J connectivity index is 1.90. The Hall–Kier alpha value is -3.93. The lowest BCUT2D eigenvalue weighted by molar-refractivity contribution is 0.415. The zero-order valence-corrected chi connectivity index (χ0v) is 16.6. The summed E-state index contributed by atoms with van der Waals surface area (Å²) in [6.07, 6.45) is 0. The minimum Gasteiger partial charge on any atom is -0.497 e. The Morgan fingerprint density at radius 3 is 2.27 bits per heavy atom. The number of hydrogen-bond donors (Lipinski definition) is 1. The molecule has 0 atom stereocenters. The molecule has 0 fully saturated rings. The highest BCUT2D eigenvalue weighted by Gasteiger charge is 2.19. The number of ether oxygens (including phenoxy) is 1. The van der Waals surface area contributed by atoms with Crippen molar-refractivity contribution in [2.24, 2.45) is 4.99 Å². The molecule has 0 amide bonds. The number of nitrogens with zero attached hydrogens (tertiary/aromatic N) is 2. The standard InChI is InChI=1S/C24H20FN3O2/c1-16(26-19-6-4-3-5-7-19)22-23(17-8-14-21(30-2)15-9-17)27-28(24(22)29)20-12-10-18(25)11-13-20/h3-15,27H,1-2H3. The highest BCUT2D eigenvalue weighted by molar-refractivity contribution is 6.04. The van der Waals surface area contributed by atoms with Gasteiger partial charge in [0.1, 0.15) is 11.6 Å². The summed E-state index contributed by atoms with van der Waals surface area (Å²) in [5.74, 6) is 0.353. The Labute approximate surface area is 173 Å². The van der Waals surface area contributed by atoms with Crippen LogP contribution in [0.1, 0.15) is 12.5 Å². The molecule has 0 radical (unpaired) electrons. The lowest BCUT2D eigenvalue weighted by atomic mass is 10.0. The minimum atomic E-state index is -0.365. The molecule has 0 unspecified atom stereocenters. The first kappa shape index (κ1) is 19.4. The molecule has 0 aliphatic carbocycles. The van der Waals surface area contributed by atoms with Gasteiger partial charge in [0, 0.05) is 5.56 Å². The van der Waals surface area contributed by atoms with Crippen LogP contribution in [0.4, 0.5) is 10.1 Å². The van der Waals surface area contributed by atoms with Crippen LogP contribution >= 0.6 is 0 Å². The van der Waals surface area contributed by atoms with Crippen LogP contribution in [0.25, 0.3) is 16.9 Å². The second-order valence-corrected chi connectivity index (χ2v) is 6.74.